The third-order valence-corrected chi connectivity index (χ3v) is 17.0. The molecule has 276 valence electrons. The maximum Gasteiger partial charge on any atom is 0.309 e. The molecule has 1 unspecified atom stereocenters. The van der Waals surface area contributed by atoms with Crippen LogP contribution >= 0.6 is 0 Å². The quantitative estimate of drug-likeness (QED) is 0.175. The van der Waals surface area contributed by atoms with Gasteiger partial charge in [-0.1, -0.05) is 46.8 Å². The summed E-state index contributed by atoms with van der Waals surface area (Å²) in [4.78, 5) is 38.5. The SMILES string of the molecule is C=C(C)[C@@H]1CC[C@]2(CC(=O)N[C@@H]3CCC(N)C3)CC[C@]3(C)[C@H](CC[C@@H]4[C@@]5(C)CC[C@H](OC(=O)CC(C)(C)C(=O)O)C(C)(C)[C@@H]5CC[C@]43C)[C@@H]12. The molecule has 6 aliphatic carbocycles. The van der Waals surface area contributed by atoms with Crippen molar-refractivity contribution in [3.8, 4) is 0 Å². The maximum absolute atomic E-state index is 13.7. The second-order valence-corrected chi connectivity index (χ2v) is 20.3. The Kier molecular flexibility index (Phi) is 9.31. The summed E-state index contributed by atoms with van der Waals surface area (Å²) in [5, 5.41) is 13.0. The number of hydrogen-bond acceptors (Lipinski definition) is 5. The standard InChI is InChI=1S/C42H68N2O5/c1-25(2)28-14-19-42(23-33(45)44-27-11-10-26(43)22-27)21-20-40(8)29(35(28)42)12-13-31-39(7)17-16-32(49-34(46)24-37(3,4)36(47)48)38(5,6)30(39)15-18-41(31,40)9/h26-32,35H,1,10-24,43H2,2-9H3,(H,44,45)(H,47,48)/t26?,27-,28+,29-,30+,31-,32+,35-,39+,40-,41-,42-/m1/s1. The van der Waals surface area contributed by atoms with Crippen LogP contribution in [0.4, 0.5) is 0 Å². The average molecular weight is 681 g/mol. The van der Waals surface area contributed by atoms with Gasteiger partial charge in [-0.15, -0.1) is 0 Å². The number of rotatable bonds is 8. The zero-order valence-corrected chi connectivity index (χ0v) is 32.1. The first-order valence-electron chi connectivity index (χ1n) is 19.8. The molecule has 6 rings (SSSR count). The zero-order valence-electron chi connectivity index (χ0n) is 32.1. The lowest BCUT2D eigenvalue weighted by Crippen LogP contribution is -2.67. The smallest absolute Gasteiger partial charge is 0.309 e. The summed E-state index contributed by atoms with van der Waals surface area (Å²) in [6.45, 7) is 22.4. The van der Waals surface area contributed by atoms with Gasteiger partial charge in [0.15, 0.2) is 0 Å². The van der Waals surface area contributed by atoms with E-state index in [1.54, 1.807) is 13.8 Å². The van der Waals surface area contributed by atoms with Crippen LogP contribution in [0.25, 0.3) is 0 Å². The van der Waals surface area contributed by atoms with Gasteiger partial charge in [-0.2, -0.15) is 0 Å². The third-order valence-electron chi connectivity index (χ3n) is 17.0. The van der Waals surface area contributed by atoms with Crippen LogP contribution in [0.15, 0.2) is 12.2 Å². The molecule has 1 amide bonds. The fraction of sp³-hybridized carbons (Fsp3) is 0.881. The Hall–Kier alpha value is -1.89. The molecule has 0 aliphatic heterocycles. The molecule has 0 aromatic heterocycles. The monoisotopic (exact) mass is 681 g/mol. The number of carboxylic acid groups (broad SMARTS) is 1. The average Bonchev–Trinajstić information content (AvgIpc) is 3.57. The van der Waals surface area contributed by atoms with Crippen LogP contribution in [0.2, 0.25) is 0 Å². The molecule has 12 atom stereocenters. The summed E-state index contributed by atoms with van der Waals surface area (Å²) >= 11 is 0. The molecule has 49 heavy (non-hydrogen) atoms. The summed E-state index contributed by atoms with van der Waals surface area (Å²) in [6.07, 6.45) is 14.5. The Morgan fingerprint density at radius 1 is 0.878 bits per heavy atom. The number of carbonyl (C=O) groups is 3. The highest BCUT2D eigenvalue weighted by molar-refractivity contribution is 5.81. The number of aliphatic carboxylic acids is 1. The summed E-state index contributed by atoms with van der Waals surface area (Å²) in [6, 6.07) is 0.444. The molecule has 7 nitrogen and oxygen atoms in total. The summed E-state index contributed by atoms with van der Waals surface area (Å²) in [7, 11) is 0. The first-order chi connectivity index (χ1) is 22.7. The lowest BCUT2D eigenvalue weighted by Gasteiger charge is -2.73. The van der Waals surface area contributed by atoms with Gasteiger partial charge in [0.05, 0.1) is 11.8 Å². The fourth-order valence-electron chi connectivity index (χ4n) is 14.2. The third kappa shape index (κ3) is 5.82. The Morgan fingerprint density at radius 2 is 1.59 bits per heavy atom. The second-order valence-electron chi connectivity index (χ2n) is 20.3. The van der Waals surface area contributed by atoms with Crippen LogP contribution in [0, 0.1) is 62.1 Å². The Bertz CT molecular complexity index is 1360. The number of hydrogen-bond donors (Lipinski definition) is 3. The van der Waals surface area contributed by atoms with Crippen molar-refractivity contribution < 1.29 is 24.2 Å². The lowest BCUT2D eigenvalue weighted by atomic mass is 9.32. The van der Waals surface area contributed by atoms with Crippen molar-refractivity contribution in [1.29, 1.82) is 0 Å². The maximum atomic E-state index is 13.7. The highest BCUT2D eigenvalue weighted by atomic mass is 16.5. The van der Waals surface area contributed by atoms with Gasteiger partial charge in [0.1, 0.15) is 6.10 Å². The summed E-state index contributed by atoms with van der Waals surface area (Å²) < 4.78 is 6.18. The van der Waals surface area contributed by atoms with E-state index in [1.807, 2.05) is 0 Å². The van der Waals surface area contributed by atoms with Gasteiger partial charge in [0.25, 0.3) is 0 Å². The van der Waals surface area contributed by atoms with Gasteiger partial charge in [-0.3, -0.25) is 14.4 Å². The van der Waals surface area contributed by atoms with Crippen molar-refractivity contribution in [2.75, 3.05) is 0 Å². The number of carbonyl (C=O) groups excluding carboxylic acids is 2. The number of fused-ring (bicyclic) bond motifs is 7. The predicted octanol–water partition coefficient (Wildman–Crippen LogP) is 8.44. The largest absolute Gasteiger partial charge is 0.481 e. The molecule has 0 radical (unpaired) electrons. The van der Waals surface area contributed by atoms with E-state index >= 15 is 0 Å². The molecule has 6 saturated carbocycles. The molecule has 0 saturated heterocycles. The molecule has 0 heterocycles. The van der Waals surface area contributed by atoms with Crippen molar-refractivity contribution >= 4 is 17.8 Å². The molecule has 6 fully saturated rings. The van der Waals surface area contributed by atoms with E-state index in [-0.39, 0.29) is 57.6 Å². The molecule has 0 bridgehead atoms. The highest BCUT2D eigenvalue weighted by Crippen LogP contribution is 2.78. The van der Waals surface area contributed by atoms with Crippen LogP contribution < -0.4 is 11.1 Å². The van der Waals surface area contributed by atoms with Gasteiger partial charge in [-0.05, 0) is 155 Å². The number of carboxylic acids is 1. The summed E-state index contributed by atoms with van der Waals surface area (Å²) in [5.41, 5.74) is 6.77. The zero-order chi connectivity index (χ0) is 35.9. The number of nitrogens with two attached hydrogens (primary N) is 1. The van der Waals surface area contributed by atoms with Gasteiger partial charge >= 0.3 is 11.9 Å². The number of esters is 1. The van der Waals surface area contributed by atoms with Gasteiger partial charge in [0, 0.05) is 23.9 Å². The molecule has 0 aromatic rings. The topological polar surface area (TPSA) is 119 Å². The van der Waals surface area contributed by atoms with E-state index in [4.69, 9.17) is 10.5 Å². The second kappa shape index (κ2) is 12.4. The molecular weight excluding hydrogens is 612 g/mol. The van der Waals surface area contributed by atoms with Crippen LogP contribution in [-0.2, 0) is 19.1 Å². The van der Waals surface area contributed by atoms with Crippen molar-refractivity contribution in [2.45, 2.75) is 170 Å². The number of amides is 1. The molecule has 7 heteroatoms. The van der Waals surface area contributed by atoms with E-state index in [0.717, 1.165) is 57.8 Å². The van der Waals surface area contributed by atoms with Crippen molar-refractivity contribution in [3.63, 3.8) is 0 Å². The predicted molar refractivity (Wildman–Crippen MR) is 193 cm³/mol. The van der Waals surface area contributed by atoms with Crippen LogP contribution in [0.3, 0.4) is 0 Å². The fourth-order valence-corrected chi connectivity index (χ4v) is 14.2. The minimum atomic E-state index is -1.14. The van der Waals surface area contributed by atoms with Crippen molar-refractivity contribution in [3.05, 3.63) is 12.2 Å². The Labute approximate surface area is 296 Å². The van der Waals surface area contributed by atoms with E-state index in [2.05, 4.69) is 53.4 Å². The molecule has 0 spiro atoms. The van der Waals surface area contributed by atoms with Crippen LogP contribution in [-0.4, -0.2) is 41.1 Å². The minimum Gasteiger partial charge on any atom is -0.481 e. The van der Waals surface area contributed by atoms with E-state index in [0.29, 0.717) is 36.0 Å². The Balaban J connectivity index is 1.23. The summed E-state index contributed by atoms with van der Waals surface area (Å²) in [5.74, 6) is 1.48. The van der Waals surface area contributed by atoms with Gasteiger partial charge < -0.3 is 20.9 Å². The van der Waals surface area contributed by atoms with Crippen LogP contribution in [0.5, 0.6) is 0 Å². The number of allylic oxidation sites excluding steroid dienone is 1. The highest BCUT2D eigenvalue weighted by Gasteiger charge is 2.71. The molecular formula is C42H68N2O5. The minimum absolute atomic E-state index is 0.0576. The van der Waals surface area contributed by atoms with E-state index < -0.39 is 17.4 Å². The number of nitrogens with one attached hydrogen (secondary N) is 1. The molecule has 4 N–H and O–H groups in total. The van der Waals surface area contributed by atoms with Gasteiger partial charge in [0.2, 0.25) is 5.91 Å². The normalized spacial score (nSPS) is 45.7. The van der Waals surface area contributed by atoms with Crippen LogP contribution in [0.1, 0.15) is 152 Å². The van der Waals surface area contributed by atoms with E-state index in [1.165, 1.54) is 31.3 Å². The first kappa shape index (κ1) is 36.9. The van der Waals surface area contributed by atoms with Crippen molar-refractivity contribution in [1.82, 2.24) is 5.32 Å². The van der Waals surface area contributed by atoms with Gasteiger partial charge in [-0.25, -0.2) is 0 Å². The van der Waals surface area contributed by atoms with Crippen molar-refractivity contribution in [2.24, 2.45) is 67.8 Å². The van der Waals surface area contributed by atoms with E-state index in [9.17, 15) is 19.5 Å². The lowest BCUT2D eigenvalue weighted by molar-refractivity contribution is -0.250. The number of ether oxygens (including phenoxy) is 1. The Morgan fingerprint density at radius 3 is 2.22 bits per heavy atom. The molecule has 6 aliphatic rings. The first-order valence-corrected chi connectivity index (χ1v) is 19.8. The molecule has 0 aromatic carbocycles.